The molecule has 0 atom stereocenters. The molecule has 0 spiro atoms. The molecule has 0 aromatic heterocycles. The maximum Gasteiger partial charge on any atom is 0.0684 e. The zero-order chi connectivity index (χ0) is 10.6. The Hall–Kier alpha value is -0.820. The highest BCUT2D eigenvalue weighted by atomic mass is 16.3. The van der Waals surface area contributed by atoms with E-state index in [1.165, 1.54) is 24.0 Å². The zero-order valence-electron chi connectivity index (χ0n) is 9.38. The van der Waals surface area contributed by atoms with Crippen LogP contribution in [0.2, 0.25) is 0 Å². The standard InChI is InChI=1S/C13H20O/c1-4-11(5-2)12-7-6-10(3)13(8-12)9-14/h6-8,11,14H,4-5,9H2,1-3H3. The quantitative estimate of drug-likeness (QED) is 0.775. The van der Waals surface area contributed by atoms with E-state index >= 15 is 0 Å². The second kappa shape index (κ2) is 5.16. The van der Waals surface area contributed by atoms with Crippen molar-refractivity contribution in [3.63, 3.8) is 0 Å². The lowest BCUT2D eigenvalue weighted by atomic mass is 9.91. The third kappa shape index (κ3) is 2.36. The number of hydrogen-bond acceptors (Lipinski definition) is 1. The van der Waals surface area contributed by atoms with Crippen LogP contribution in [0.5, 0.6) is 0 Å². The molecule has 1 aromatic carbocycles. The van der Waals surface area contributed by atoms with Crippen molar-refractivity contribution < 1.29 is 5.11 Å². The average Bonchev–Trinajstić information content (AvgIpc) is 2.22. The molecule has 0 radical (unpaired) electrons. The summed E-state index contributed by atoms with van der Waals surface area (Å²) >= 11 is 0. The Bertz CT molecular complexity index is 287. The zero-order valence-corrected chi connectivity index (χ0v) is 9.38. The van der Waals surface area contributed by atoms with Crippen LogP contribution in [0.1, 0.15) is 49.3 Å². The fraction of sp³-hybridized carbons (Fsp3) is 0.538. The smallest absolute Gasteiger partial charge is 0.0684 e. The first-order chi connectivity index (χ1) is 6.72. The minimum Gasteiger partial charge on any atom is -0.392 e. The lowest BCUT2D eigenvalue weighted by Crippen LogP contribution is -1.98. The van der Waals surface area contributed by atoms with Crippen molar-refractivity contribution in [1.82, 2.24) is 0 Å². The van der Waals surface area contributed by atoms with Crippen LogP contribution in [0, 0.1) is 6.92 Å². The van der Waals surface area contributed by atoms with Crippen LogP contribution in [0.25, 0.3) is 0 Å². The van der Waals surface area contributed by atoms with Gasteiger partial charge in [0, 0.05) is 0 Å². The summed E-state index contributed by atoms with van der Waals surface area (Å²) in [6, 6.07) is 6.44. The molecule has 0 amide bonds. The topological polar surface area (TPSA) is 20.2 Å². The van der Waals surface area contributed by atoms with Crippen LogP contribution >= 0.6 is 0 Å². The van der Waals surface area contributed by atoms with Crippen LogP contribution in [0.15, 0.2) is 18.2 Å². The minimum atomic E-state index is 0.153. The number of aliphatic hydroxyl groups excluding tert-OH is 1. The molecule has 0 heterocycles. The Morgan fingerprint density at radius 3 is 2.36 bits per heavy atom. The third-order valence-corrected chi connectivity index (χ3v) is 3.00. The number of hydrogen-bond donors (Lipinski definition) is 1. The van der Waals surface area contributed by atoms with Crippen molar-refractivity contribution in [1.29, 1.82) is 0 Å². The Labute approximate surface area is 86.8 Å². The number of aliphatic hydroxyl groups is 1. The van der Waals surface area contributed by atoms with Gasteiger partial charge in [-0.3, -0.25) is 0 Å². The second-order valence-corrected chi connectivity index (χ2v) is 3.86. The first kappa shape index (κ1) is 11.3. The van der Waals surface area contributed by atoms with Gasteiger partial charge in [-0.05, 0) is 42.4 Å². The highest BCUT2D eigenvalue weighted by Crippen LogP contribution is 2.24. The van der Waals surface area contributed by atoms with Crippen LogP contribution in [-0.2, 0) is 6.61 Å². The lowest BCUT2D eigenvalue weighted by molar-refractivity contribution is 0.281. The number of benzene rings is 1. The lowest BCUT2D eigenvalue weighted by Gasteiger charge is -2.14. The fourth-order valence-electron chi connectivity index (χ4n) is 1.88. The molecule has 1 N–H and O–H groups in total. The van der Waals surface area contributed by atoms with E-state index in [9.17, 15) is 5.11 Å². The van der Waals surface area contributed by atoms with E-state index in [1.54, 1.807) is 0 Å². The van der Waals surface area contributed by atoms with Crippen molar-refractivity contribution >= 4 is 0 Å². The Kier molecular flexibility index (Phi) is 4.15. The highest BCUT2D eigenvalue weighted by Gasteiger charge is 2.08. The van der Waals surface area contributed by atoms with E-state index < -0.39 is 0 Å². The molecule has 0 bridgehead atoms. The predicted molar refractivity (Wildman–Crippen MR) is 60.4 cm³/mol. The van der Waals surface area contributed by atoms with Gasteiger partial charge in [0.15, 0.2) is 0 Å². The Morgan fingerprint density at radius 1 is 1.21 bits per heavy atom. The van der Waals surface area contributed by atoms with Gasteiger partial charge in [0.25, 0.3) is 0 Å². The molecule has 0 saturated heterocycles. The molecule has 0 aliphatic heterocycles. The fourth-order valence-corrected chi connectivity index (χ4v) is 1.88. The average molecular weight is 192 g/mol. The predicted octanol–water partition coefficient (Wildman–Crippen LogP) is 3.39. The summed E-state index contributed by atoms with van der Waals surface area (Å²) in [4.78, 5) is 0. The van der Waals surface area contributed by atoms with Crippen LogP contribution in [0.4, 0.5) is 0 Å². The van der Waals surface area contributed by atoms with Gasteiger partial charge in [-0.25, -0.2) is 0 Å². The van der Waals surface area contributed by atoms with Crippen molar-refractivity contribution in [3.8, 4) is 0 Å². The monoisotopic (exact) mass is 192 g/mol. The number of rotatable bonds is 4. The van der Waals surface area contributed by atoms with Gasteiger partial charge in [0.05, 0.1) is 6.61 Å². The molecular weight excluding hydrogens is 172 g/mol. The Balaban J connectivity index is 2.98. The minimum absolute atomic E-state index is 0.153. The van der Waals surface area contributed by atoms with E-state index in [4.69, 9.17) is 0 Å². The molecule has 78 valence electrons. The molecule has 1 rings (SSSR count). The van der Waals surface area contributed by atoms with E-state index in [0.717, 1.165) is 5.56 Å². The van der Waals surface area contributed by atoms with Gasteiger partial charge in [0.1, 0.15) is 0 Å². The normalized spacial score (nSPS) is 10.9. The molecule has 1 heteroatoms. The van der Waals surface area contributed by atoms with Crippen LogP contribution in [-0.4, -0.2) is 5.11 Å². The van der Waals surface area contributed by atoms with E-state index in [0.29, 0.717) is 5.92 Å². The molecule has 1 nitrogen and oxygen atoms in total. The summed E-state index contributed by atoms with van der Waals surface area (Å²) in [6.07, 6.45) is 2.34. The van der Waals surface area contributed by atoms with E-state index in [-0.39, 0.29) is 6.61 Å². The number of aryl methyl sites for hydroxylation is 1. The van der Waals surface area contributed by atoms with Gasteiger partial charge in [0.2, 0.25) is 0 Å². The van der Waals surface area contributed by atoms with Gasteiger partial charge in [-0.2, -0.15) is 0 Å². The van der Waals surface area contributed by atoms with Crippen molar-refractivity contribution in [2.75, 3.05) is 0 Å². The van der Waals surface area contributed by atoms with Gasteiger partial charge >= 0.3 is 0 Å². The van der Waals surface area contributed by atoms with Gasteiger partial charge < -0.3 is 5.11 Å². The van der Waals surface area contributed by atoms with Crippen molar-refractivity contribution in [2.24, 2.45) is 0 Å². The first-order valence-corrected chi connectivity index (χ1v) is 5.43. The first-order valence-electron chi connectivity index (χ1n) is 5.43. The van der Waals surface area contributed by atoms with Crippen molar-refractivity contribution in [3.05, 3.63) is 34.9 Å². The van der Waals surface area contributed by atoms with Gasteiger partial charge in [-0.1, -0.05) is 32.0 Å². The van der Waals surface area contributed by atoms with Gasteiger partial charge in [-0.15, -0.1) is 0 Å². The van der Waals surface area contributed by atoms with Crippen LogP contribution < -0.4 is 0 Å². The molecule has 0 aliphatic rings. The third-order valence-electron chi connectivity index (χ3n) is 3.00. The molecule has 1 aromatic rings. The maximum atomic E-state index is 9.17. The molecular formula is C13H20O. The maximum absolute atomic E-state index is 9.17. The SMILES string of the molecule is CCC(CC)c1ccc(C)c(CO)c1. The molecule has 0 aliphatic carbocycles. The summed E-state index contributed by atoms with van der Waals surface area (Å²) in [5.74, 6) is 0.640. The largest absolute Gasteiger partial charge is 0.392 e. The second-order valence-electron chi connectivity index (χ2n) is 3.86. The van der Waals surface area contributed by atoms with E-state index in [1.807, 2.05) is 6.92 Å². The molecule has 0 saturated carbocycles. The summed E-state index contributed by atoms with van der Waals surface area (Å²) in [5, 5.41) is 9.17. The summed E-state index contributed by atoms with van der Waals surface area (Å²) < 4.78 is 0. The summed E-state index contributed by atoms with van der Waals surface area (Å²) in [5.41, 5.74) is 3.61. The van der Waals surface area contributed by atoms with E-state index in [2.05, 4.69) is 32.0 Å². The molecule has 0 unspecified atom stereocenters. The van der Waals surface area contributed by atoms with Crippen molar-refractivity contribution in [2.45, 2.75) is 46.1 Å². The Morgan fingerprint density at radius 2 is 1.86 bits per heavy atom. The molecule has 14 heavy (non-hydrogen) atoms. The van der Waals surface area contributed by atoms with Crippen LogP contribution in [0.3, 0.4) is 0 Å². The highest BCUT2D eigenvalue weighted by molar-refractivity contribution is 5.32. The molecule has 0 fully saturated rings. The summed E-state index contributed by atoms with van der Waals surface area (Å²) in [6.45, 7) is 6.63. The summed E-state index contributed by atoms with van der Waals surface area (Å²) in [7, 11) is 0.